The van der Waals surface area contributed by atoms with Gasteiger partial charge in [0.2, 0.25) is 5.91 Å². The summed E-state index contributed by atoms with van der Waals surface area (Å²) < 4.78 is 36.3. The summed E-state index contributed by atoms with van der Waals surface area (Å²) in [5.74, 6) is -1.05. The Balaban J connectivity index is 2.59. The van der Waals surface area contributed by atoms with Gasteiger partial charge >= 0.3 is 6.18 Å². The Morgan fingerprint density at radius 1 is 1.40 bits per heavy atom. The van der Waals surface area contributed by atoms with Crippen LogP contribution < -0.4 is 5.32 Å². The van der Waals surface area contributed by atoms with E-state index >= 15 is 0 Å². The molecule has 0 aromatic heterocycles. The third-order valence-corrected chi connectivity index (χ3v) is 2.14. The molecule has 0 aliphatic carbocycles. The summed E-state index contributed by atoms with van der Waals surface area (Å²) in [6.07, 6.45) is -5.93. The lowest BCUT2D eigenvalue weighted by Gasteiger charge is -2.07. The van der Waals surface area contributed by atoms with Gasteiger partial charge in [-0.2, -0.15) is 13.2 Å². The third kappa shape index (κ3) is 5.01. The summed E-state index contributed by atoms with van der Waals surface area (Å²) >= 11 is 2.01. The van der Waals surface area contributed by atoms with Crippen LogP contribution in [-0.2, 0) is 4.79 Å². The second-order valence-corrected chi connectivity index (χ2v) is 4.10. The number of halogens is 4. The van der Waals surface area contributed by atoms with Crippen molar-refractivity contribution < 1.29 is 18.0 Å². The highest BCUT2D eigenvalue weighted by atomic mass is 127. The maximum absolute atomic E-state index is 11.8. The zero-order valence-electron chi connectivity index (χ0n) is 7.44. The number of anilines is 1. The van der Waals surface area contributed by atoms with E-state index < -0.39 is 18.5 Å². The molecule has 1 N–H and O–H groups in total. The first-order chi connectivity index (χ1) is 6.87. The molecule has 0 aliphatic heterocycles. The molecule has 0 spiro atoms. The normalized spacial score (nSPS) is 11.2. The zero-order valence-corrected chi connectivity index (χ0v) is 9.59. The van der Waals surface area contributed by atoms with E-state index in [1.807, 2.05) is 22.6 Å². The molecule has 1 amide bonds. The predicted molar refractivity (Wildman–Crippen MR) is 58.5 cm³/mol. The predicted octanol–water partition coefficient (Wildman–Crippen LogP) is 3.18. The summed E-state index contributed by atoms with van der Waals surface area (Å²) in [6.45, 7) is 0. The molecule has 0 heterocycles. The van der Waals surface area contributed by atoms with Gasteiger partial charge in [0, 0.05) is 9.26 Å². The number of benzene rings is 1. The number of carbonyl (C=O) groups excluding carboxylic acids is 1. The van der Waals surface area contributed by atoms with Crippen LogP contribution in [0.25, 0.3) is 0 Å². The van der Waals surface area contributed by atoms with E-state index in [0.29, 0.717) is 5.69 Å². The molecule has 6 heteroatoms. The Hall–Kier alpha value is -0.790. The molecule has 0 saturated carbocycles. The molecule has 0 saturated heterocycles. The van der Waals surface area contributed by atoms with Gasteiger partial charge in [0.1, 0.15) is 6.42 Å². The van der Waals surface area contributed by atoms with Crippen LogP contribution in [0.2, 0.25) is 0 Å². The molecule has 82 valence electrons. The Labute approximate surface area is 98.0 Å². The van der Waals surface area contributed by atoms with Gasteiger partial charge in [0.15, 0.2) is 0 Å². The minimum atomic E-state index is -4.47. The summed E-state index contributed by atoms with van der Waals surface area (Å²) in [5.41, 5.74) is 0.371. The van der Waals surface area contributed by atoms with Crippen LogP contribution in [0.3, 0.4) is 0 Å². The van der Waals surface area contributed by atoms with Gasteiger partial charge in [0.25, 0.3) is 0 Å². The fraction of sp³-hybridized carbons (Fsp3) is 0.222. The molecule has 2 nitrogen and oxygen atoms in total. The highest BCUT2D eigenvalue weighted by Crippen LogP contribution is 2.20. The largest absolute Gasteiger partial charge is 0.397 e. The third-order valence-electron chi connectivity index (χ3n) is 1.47. The fourth-order valence-electron chi connectivity index (χ4n) is 0.953. The van der Waals surface area contributed by atoms with Crippen LogP contribution in [0.5, 0.6) is 0 Å². The van der Waals surface area contributed by atoms with E-state index in [1.54, 1.807) is 18.2 Å². The minimum Gasteiger partial charge on any atom is -0.326 e. The average Bonchev–Trinajstić information content (AvgIpc) is 1.99. The van der Waals surface area contributed by atoms with Crippen LogP contribution in [0, 0.1) is 3.57 Å². The van der Waals surface area contributed by atoms with Gasteiger partial charge < -0.3 is 5.32 Å². The van der Waals surface area contributed by atoms with Crippen LogP contribution in [0.4, 0.5) is 18.9 Å². The Morgan fingerprint density at radius 3 is 2.60 bits per heavy atom. The second kappa shape index (κ2) is 4.82. The van der Waals surface area contributed by atoms with Crippen molar-refractivity contribution in [2.75, 3.05) is 5.32 Å². The van der Waals surface area contributed by atoms with Crippen molar-refractivity contribution in [3.05, 3.63) is 27.8 Å². The lowest BCUT2D eigenvalue weighted by Crippen LogP contribution is -2.21. The van der Waals surface area contributed by atoms with Crippen molar-refractivity contribution in [3.8, 4) is 0 Å². The molecule has 1 aromatic rings. The molecule has 15 heavy (non-hydrogen) atoms. The summed E-state index contributed by atoms with van der Waals surface area (Å²) in [4.78, 5) is 10.9. The SMILES string of the molecule is O=C(CC(F)(F)F)Nc1cccc(I)c1. The molecule has 0 aliphatic rings. The lowest BCUT2D eigenvalue weighted by molar-refractivity contribution is -0.150. The monoisotopic (exact) mass is 329 g/mol. The van der Waals surface area contributed by atoms with Crippen molar-refractivity contribution in [2.45, 2.75) is 12.6 Å². The number of rotatable bonds is 2. The standard InChI is InChI=1S/C9H7F3INO/c10-9(11,12)5-8(15)14-7-3-1-2-6(13)4-7/h1-4H,5H2,(H,14,15). The van der Waals surface area contributed by atoms with Crippen molar-refractivity contribution in [1.29, 1.82) is 0 Å². The molecule has 0 radical (unpaired) electrons. The summed E-state index contributed by atoms with van der Waals surface area (Å²) in [7, 11) is 0. The van der Waals surface area contributed by atoms with Crippen molar-refractivity contribution in [3.63, 3.8) is 0 Å². The van der Waals surface area contributed by atoms with Gasteiger partial charge in [-0.05, 0) is 40.8 Å². The van der Waals surface area contributed by atoms with E-state index in [1.165, 1.54) is 6.07 Å². The van der Waals surface area contributed by atoms with E-state index in [2.05, 4.69) is 5.32 Å². The first kappa shape index (κ1) is 12.3. The van der Waals surface area contributed by atoms with Crippen molar-refractivity contribution in [1.82, 2.24) is 0 Å². The molecular weight excluding hydrogens is 322 g/mol. The molecular formula is C9H7F3INO. The average molecular weight is 329 g/mol. The number of amides is 1. The van der Waals surface area contributed by atoms with Crippen LogP contribution in [-0.4, -0.2) is 12.1 Å². The quantitative estimate of drug-likeness (QED) is 0.830. The second-order valence-electron chi connectivity index (χ2n) is 2.85. The molecule has 0 atom stereocenters. The van der Waals surface area contributed by atoms with Gasteiger partial charge in [-0.15, -0.1) is 0 Å². The number of nitrogens with one attached hydrogen (secondary N) is 1. The first-order valence-corrected chi connectivity index (χ1v) is 5.07. The molecule has 0 fully saturated rings. The zero-order chi connectivity index (χ0) is 11.5. The maximum atomic E-state index is 11.8. The number of alkyl halides is 3. The van der Waals surface area contributed by atoms with Crippen molar-refractivity contribution >= 4 is 34.2 Å². The lowest BCUT2D eigenvalue weighted by atomic mass is 10.3. The van der Waals surface area contributed by atoms with Crippen LogP contribution >= 0.6 is 22.6 Å². The van der Waals surface area contributed by atoms with E-state index in [0.717, 1.165) is 3.57 Å². The van der Waals surface area contributed by atoms with E-state index in [9.17, 15) is 18.0 Å². The molecule has 1 aromatic carbocycles. The Kier molecular flexibility index (Phi) is 3.95. The van der Waals surface area contributed by atoms with Gasteiger partial charge in [-0.1, -0.05) is 6.07 Å². The summed E-state index contributed by atoms with van der Waals surface area (Å²) in [5, 5.41) is 2.18. The number of hydrogen-bond donors (Lipinski definition) is 1. The Morgan fingerprint density at radius 2 is 2.07 bits per heavy atom. The topological polar surface area (TPSA) is 29.1 Å². The van der Waals surface area contributed by atoms with E-state index in [-0.39, 0.29) is 0 Å². The number of carbonyl (C=O) groups is 1. The first-order valence-electron chi connectivity index (χ1n) is 3.99. The van der Waals surface area contributed by atoms with Gasteiger partial charge in [-0.3, -0.25) is 4.79 Å². The minimum absolute atomic E-state index is 0.371. The van der Waals surface area contributed by atoms with Crippen molar-refractivity contribution in [2.24, 2.45) is 0 Å². The smallest absolute Gasteiger partial charge is 0.326 e. The van der Waals surface area contributed by atoms with Gasteiger partial charge in [0.05, 0.1) is 0 Å². The van der Waals surface area contributed by atoms with Crippen LogP contribution in [0.15, 0.2) is 24.3 Å². The Bertz CT molecular complexity index is 365. The van der Waals surface area contributed by atoms with Crippen LogP contribution in [0.1, 0.15) is 6.42 Å². The highest BCUT2D eigenvalue weighted by molar-refractivity contribution is 14.1. The number of hydrogen-bond acceptors (Lipinski definition) is 1. The fourth-order valence-corrected chi connectivity index (χ4v) is 1.50. The molecule has 0 unspecified atom stereocenters. The van der Waals surface area contributed by atoms with E-state index in [4.69, 9.17) is 0 Å². The summed E-state index contributed by atoms with van der Waals surface area (Å²) in [6, 6.07) is 6.57. The highest BCUT2D eigenvalue weighted by Gasteiger charge is 2.31. The maximum Gasteiger partial charge on any atom is 0.397 e. The molecule has 1 rings (SSSR count). The molecule has 0 bridgehead atoms. The van der Waals surface area contributed by atoms with Gasteiger partial charge in [-0.25, -0.2) is 0 Å².